The normalized spacial score (nSPS) is 17.8. The van der Waals surface area contributed by atoms with E-state index in [1.807, 2.05) is 12.1 Å². The molecular weight excluding hydrogens is 246 g/mol. The molecule has 2 rings (SSSR count). The molecule has 0 aliphatic carbocycles. The Morgan fingerprint density at radius 3 is 2.40 bits per heavy atom. The van der Waals surface area contributed by atoms with Gasteiger partial charge in [0.05, 0.1) is 11.3 Å². The van der Waals surface area contributed by atoms with Crippen molar-refractivity contribution < 1.29 is 0 Å². The highest BCUT2D eigenvalue weighted by molar-refractivity contribution is 5.60. The third-order valence-electron chi connectivity index (χ3n) is 5.08. The number of rotatable bonds is 4. The van der Waals surface area contributed by atoms with Gasteiger partial charge < -0.3 is 10.6 Å². The average Bonchev–Trinajstić information content (AvgIpc) is 2.54. The molecule has 1 heterocycles. The number of hydrogen-bond acceptors (Lipinski definition) is 3. The molecule has 1 aromatic rings. The maximum absolute atomic E-state index is 9.35. The maximum atomic E-state index is 9.35. The molecule has 0 aromatic heterocycles. The number of hydrogen-bond donors (Lipinski definition) is 1. The second-order valence-corrected chi connectivity index (χ2v) is 5.86. The molecule has 0 amide bonds. The van der Waals surface area contributed by atoms with Crippen molar-refractivity contribution in [2.75, 3.05) is 18.0 Å². The van der Waals surface area contributed by atoms with Gasteiger partial charge >= 0.3 is 0 Å². The molecule has 1 aliphatic rings. The standard InChI is InChI=1S/C17H25N3/c1-3-17(4-2)7-9-20(10-8-17)16-6-5-14(12-18)11-15(16)13-19/h5-6,11H,3-4,7-10,12,18H2,1-2H3. The van der Waals surface area contributed by atoms with E-state index in [0.717, 1.165) is 29.9 Å². The highest BCUT2D eigenvalue weighted by atomic mass is 15.1. The van der Waals surface area contributed by atoms with Gasteiger partial charge in [0.1, 0.15) is 6.07 Å². The Bertz CT molecular complexity index is 487. The minimum atomic E-state index is 0.490. The van der Waals surface area contributed by atoms with Crippen LogP contribution in [-0.2, 0) is 6.54 Å². The summed E-state index contributed by atoms with van der Waals surface area (Å²) in [5.41, 5.74) is 9.02. The largest absolute Gasteiger partial charge is 0.370 e. The fourth-order valence-electron chi connectivity index (χ4n) is 3.25. The third kappa shape index (κ3) is 2.81. The summed E-state index contributed by atoms with van der Waals surface area (Å²) < 4.78 is 0. The Morgan fingerprint density at radius 1 is 1.25 bits per heavy atom. The minimum absolute atomic E-state index is 0.490. The van der Waals surface area contributed by atoms with E-state index in [-0.39, 0.29) is 0 Å². The summed E-state index contributed by atoms with van der Waals surface area (Å²) in [6.07, 6.45) is 4.97. The number of nitrogens with zero attached hydrogens (tertiary/aromatic N) is 2. The zero-order valence-electron chi connectivity index (χ0n) is 12.7. The summed E-state index contributed by atoms with van der Waals surface area (Å²) in [4.78, 5) is 2.36. The van der Waals surface area contributed by atoms with Crippen LogP contribution in [0.25, 0.3) is 0 Å². The molecular formula is C17H25N3. The van der Waals surface area contributed by atoms with E-state index in [4.69, 9.17) is 5.73 Å². The van der Waals surface area contributed by atoms with Crippen LogP contribution in [0.2, 0.25) is 0 Å². The van der Waals surface area contributed by atoms with Crippen LogP contribution in [0.5, 0.6) is 0 Å². The molecule has 2 N–H and O–H groups in total. The van der Waals surface area contributed by atoms with Crippen LogP contribution in [0.3, 0.4) is 0 Å². The van der Waals surface area contributed by atoms with E-state index >= 15 is 0 Å². The molecule has 0 spiro atoms. The predicted octanol–water partition coefficient (Wildman–Crippen LogP) is 3.42. The highest BCUT2D eigenvalue weighted by Gasteiger charge is 2.31. The summed E-state index contributed by atoms with van der Waals surface area (Å²) in [5, 5.41) is 9.35. The van der Waals surface area contributed by atoms with Gasteiger partial charge in [-0.3, -0.25) is 0 Å². The predicted molar refractivity (Wildman–Crippen MR) is 83.5 cm³/mol. The highest BCUT2D eigenvalue weighted by Crippen LogP contribution is 2.39. The first-order valence-corrected chi connectivity index (χ1v) is 7.66. The molecule has 3 heteroatoms. The van der Waals surface area contributed by atoms with E-state index in [2.05, 4.69) is 30.9 Å². The van der Waals surface area contributed by atoms with Gasteiger partial charge in [0, 0.05) is 19.6 Å². The van der Waals surface area contributed by atoms with E-state index in [1.165, 1.54) is 25.7 Å². The van der Waals surface area contributed by atoms with Gasteiger partial charge in [-0.1, -0.05) is 32.8 Å². The molecule has 20 heavy (non-hydrogen) atoms. The first kappa shape index (κ1) is 14.9. The lowest BCUT2D eigenvalue weighted by Crippen LogP contribution is -2.40. The van der Waals surface area contributed by atoms with Gasteiger partial charge in [-0.15, -0.1) is 0 Å². The van der Waals surface area contributed by atoms with Crippen molar-refractivity contribution in [3.63, 3.8) is 0 Å². The molecule has 0 radical (unpaired) electrons. The summed E-state index contributed by atoms with van der Waals surface area (Å²) in [6, 6.07) is 8.35. The third-order valence-corrected chi connectivity index (χ3v) is 5.08. The van der Waals surface area contributed by atoms with Crippen LogP contribution in [0.4, 0.5) is 5.69 Å². The zero-order chi connectivity index (χ0) is 14.6. The second kappa shape index (κ2) is 6.28. The summed E-state index contributed by atoms with van der Waals surface area (Å²) in [5.74, 6) is 0. The first-order chi connectivity index (χ1) is 9.68. The minimum Gasteiger partial charge on any atom is -0.370 e. The van der Waals surface area contributed by atoms with Gasteiger partial charge in [0.2, 0.25) is 0 Å². The molecule has 1 saturated heterocycles. The molecule has 1 fully saturated rings. The number of nitriles is 1. The van der Waals surface area contributed by atoms with E-state index in [1.54, 1.807) is 0 Å². The first-order valence-electron chi connectivity index (χ1n) is 7.66. The van der Waals surface area contributed by atoms with Gasteiger partial charge in [-0.05, 0) is 36.0 Å². The van der Waals surface area contributed by atoms with Crippen LogP contribution in [0.1, 0.15) is 50.7 Å². The smallest absolute Gasteiger partial charge is 0.101 e. The summed E-state index contributed by atoms with van der Waals surface area (Å²) in [7, 11) is 0. The van der Waals surface area contributed by atoms with Crippen molar-refractivity contribution in [1.29, 1.82) is 5.26 Å². The Balaban J connectivity index is 2.17. The van der Waals surface area contributed by atoms with Gasteiger partial charge in [0.25, 0.3) is 0 Å². The van der Waals surface area contributed by atoms with Crippen LogP contribution in [0.15, 0.2) is 18.2 Å². The molecule has 1 aromatic carbocycles. The topological polar surface area (TPSA) is 53.0 Å². The van der Waals surface area contributed by atoms with Gasteiger partial charge in [-0.25, -0.2) is 0 Å². The lowest BCUT2D eigenvalue weighted by atomic mass is 9.74. The van der Waals surface area contributed by atoms with Crippen LogP contribution < -0.4 is 10.6 Å². The van der Waals surface area contributed by atoms with Crippen molar-refractivity contribution >= 4 is 5.69 Å². The zero-order valence-corrected chi connectivity index (χ0v) is 12.7. The number of anilines is 1. The van der Waals surface area contributed by atoms with Crippen molar-refractivity contribution in [2.24, 2.45) is 11.1 Å². The number of piperidine rings is 1. The fourth-order valence-corrected chi connectivity index (χ4v) is 3.25. The summed E-state index contributed by atoms with van der Waals surface area (Å²) >= 11 is 0. The van der Waals surface area contributed by atoms with Gasteiger partial charge in [0.15, 0.2) is 0 Å². The van der Waals surface area contributed by atoms with Crippen LogP contribution in [-0.4, -0.2) is 13.1 Å². The second-order valence-electron chi connectivity index (χ2n) is 5.86. The molecule has 0 unspecified atom stereocenters. The molecule has 1 aliphatic heterocycles. The number of benzene rings is 1. The van der Waals surface area contributed by atoms with Crippen molar-refractivity contribution in [2.45, 2.75) is 46.1 Å². The Morgan fingerprint density at radius 2 is 1.90 bits per heavy atom. The Hall–Kier alpha value is -1.53. The van der Waals surface area contributed by atoms with E-state index < -0.39 is 0 Å². The molecule has 0 atom stereocenters. The van der Waals surface area contributed by atoms with Crippen LogP contribution >= 0.6 is 0 Å². The quantitative estimate of drug-likeness (QED) is 0.913. The Kier molecular flexibility index (Phi) is 4.67. The lowest BCUT2D eigenvalue weighted by molar-refractivity contribution is 0.199. The average molecular weight is 271 g/mol. The monoisotopic (exact) mass is 271 g/mol. The molecule has 3 nitrogen and oxygen atoms in total. The fraction of sp³-hybridized carbons (Fsp3) is 0.588. The number of nitrogens with two attached hydrogens (primary N) is 1. The molecule has 0 saturated carbocycles. The molecule has 108 valence electrons. The van der Waals surface area contributed by atoms with Crippen molar-refractivity contribution in [3.8, 4) is 6.07 Å². The van der Waals surface area contributed by atoms with Gasteiger partial charge in [-0.2, -0.15) is 5.26 Å². The van der Waals surface area contributed by atoms with Crippen molar-refractivity contribution in [1.82, 2.24) is 0 Å². The van der Waals surface area contributed by atoms with E-state index in [0.29, 0.717) is 12.0 Å². The SMILES string of the molecule is CCC1(CC)CCN(c2ccc(CN)cc2C#N)CC1. The van der Waals surface area contributed by atoms with E-state index in [9.17, 15) is 5.26 Å². The Labute approximate surface area is 122 Å². The lowest BCUT2D eigenvalue weighted by Gasteiger charge is -2.42. The van der Waals surface area contributed by atoms with Crippen molar-refractivity contribution in [3.05, 3.63) is 29.3 Å². The summed E-state index contributed by atoms with van der Waals surface area (Å²) in [6.45, 7) is 7.20. The molecule has 0 bridgehead atoms. The maximum Gasteiger partial charge on any atom is 0.101 e. The van der Waals surface area contributed by atoms with Crippen LogP contribution in [0, 0.1) is 16.7 Å².